The van der Waals surface area contributed by atoms with E-state index >= 15 is 0 Å². The third-order valence-electron chi connectivity index (χ3n) is 1.03. The maximum Gasteiger partial charge on any atom is -0.0813 e. The minimum Gasteiger partial charge on any atom is -0.394 e. The van der Waals surface area contributed by atoms with E-state index in [0.717, 1.165) is 0 Å². The first-order chi connectivity index (χ1) is 7.00. The van der Waals surface area contributed by atoms with Crippen LogP contribution in [0.15, 0.2) is 48.8 Å². The smallest absolute Gasteiger partial charge is 0.0813 e. The Morgan fingerprint density at radius 1 is 0.800 bits per heavy atom. The maximum atomic E-state index is 5.86. The number of nitrogens with one attached hydrogen (secondary N) is 1. The molecule has 2 aromatic rings. The molecule has 0 saturated heterocycles. The van der Waals surface area contributed by atoms with E-state index in [1.54, 1.807) is 24.5 Å². The summed E-state index contributed by atoms with van der Waals surface area (Å²) in [6.07, 6.45) is 8.67. The van der Waals surface area contributed by atoms with Gasteiger partial charge in [-0.2, -0.15) is 36.4 Å². The normalized spacial score (nSPS) is 6.60. The molecule has 0 unspecified atom stereocenters. The molecule has 0 aliphatic heterocycles. The number of rotatable bonds is 0. The van der Waals surface area contributed by atoms with Gasteiger partial charge in [0.15, 0.2) is 0 Å². The Balaban J connectivity index is 0. The second-order valence-corrected chi connectivity index (χ2v) is 1.92. The van der Waals surface area contributed by atoms with Gasteiger partial charge in [-0.3, -0.25) is 0 Å². The molecule has 0 saturated carbocycles. The standard InChI is InChI=1S/2C5H4N.ClH.HN.Ta/c2*1-2-4-6-5-3-1;;;/h2*1-4H;2*1H;/q2*-1;;;/p-1. The molecule has 0 aromatic carbocycles. The molecule has 2 aromatic heterocycles. The molecule has 5 heteroatoms. The fourth-order valence-corrected chi connectivity index (χ4v) is 0.555. The number of nitrogens with zero attached hydrogens (tertiary/aromatic N) is 2. The summed E-state index contributed by atoms with van der Waals surface area (Å²) in [7, 11) is 0. The average molecular weight is 388 g/mol. The van der Waals surface area contributed by atoms with Gasteiger partial charge in [0.2, 0.25) is 0 Å². The third-order valence-corrected chi connectivity index (χ3v) is 1.03. The molecule has 1 N–H and O–H groups in total. The molecule has 79 valence electrons. The van der Waals surface area contributed by atoms with Crippen molar-refractivity contribution >= 4 is 0 Å². The van der Waals surface area contributed by atoms with Crippen molar-refractivity contribution in [2.24, 2.45) is 0 Å². The van der Waals surface area contributed by atoms with Crippen LogP contribution in [0.5, 0.6) is 0 Å². The van der Waals surface area contributed by atoms with Gasteiger partial charge in [0.25, 0.3) is 0 Å². The Morgan fingerprint density at radius 2 is 1.20 bits per heavy atom. The Bertz CT molecular complexity index is 209. The van der Waals surface area contributed by atoms with Gasteiger partial charge in [-0.1, -0.05) is 24.8 Å². The maximum absolute atomic E-state index is 5.86. The Hall–Kier alpha value is -0.870. The first-order valence-corrected chi connectivity index (χ1v) is 5.37. The second-order valence-electron chi connectivity index (χ2n) is 1.92. The van der Waals surface area contributed by atoms with Gasteiger partial charge in [0.05, 0.1) is 0 Å². The quantitative estimate of drug-likeness (QED) is 0.594. The first kappa shape index (κ1) is 16.6. The van der Waals surface area contributed by atoms with Crippen molar-refractivity contribution in [1.82, 2.24) is 9.97 Å². The van der Waals surface area contributed by atoms with Crippen LogP contribution in [0, 0.1) is 16.1 Å². The van der Waals surface area contributed by atoms with Crippen LogP contribution >= 0.6 is 0 Å². The van der Waals surface area contributed by atoms with Gasteiger partial charge in [0, 0.05) is 0 Å². The number of hydrogen-bond donors (Lipinski definition) is 1. The van der Waals surface area contributed by atoms with Crippen LogP contribution in [0.2, 0.25) is 0 Å². The van der Waals surface area contributed by atoms with E-state index in [-0.39, 0.29) is 12.4 Å². The van der Waals surface area contributed by atoms with E-state index < -0.39 is 0 Å². The second kappa shape index (κ2) is 15.6. The zero-order valence-corrected chi connectivity index (χ0v) is 11.8. The molecule has 0 spiro atoms. The van der Waals surface area contributed by atoms with Crippen molar-refractivity contribution in [2.75, 3.05) is 0 Å². The van der Waals surface area contributed by atoms with Crippen molar-refractivity contribution in [2.45, 2.75) is 0 Å². The fourth-order valence-electron chi connectivity index (χ4n) is 0.555. The van der Waals surface area contributed by atoms with Crippen molar-refractivity contribution in [3.05, 3.63) is 61.2 Å². The van der Waals surface area contributed by atoms with Crippen LogP contribution in [0.4, 0.5) is 0 Å². The summed E-state index contributed by atoms with van der Waals surface area (Å²) >= 11 is 0.694. The molecule has 0 aliphatic rings. The molecule has 0 atom stereocenters. The van der Waals surface area contributed by atoms with E-state index in [2.05, 4.69) is 22.4 Å². The molecular weight excluding hydrogens is 379 g/mol. The third kappa shape index (κ3) is 13.1. The summed E-state index contributed by atoms with van der Waals surface area (Å²) in [5.41, 5.74) is 0. The summed E-state index contributed by atoms with van der Waals surface area (Å²) in [5, 5.41) is 0. The monoisotopic (exact) mass is 387 g/mol. The molecule has 0 radical (unpaired) electrons. The van der Waals surface area contributed by atoms with Crippen LogP contribution in [0.3, 0.4) is 0 Å². The summed E-state index contributed by atoms with van der Waals surface area (Å²) in [6.45, 7) is 0. The minimum atomic E-state index is 0. The van der Waals surface area contributed by atoms with Gasteiger partial charge >= 0.3 is 24.6 Å². The number of hydrogen-bond acceptors (Lipinski definition) is 3. The zero-order valence-electron chi connectivity index (χ0n) is 7.84. The Labute approximate surface area is 108 Å². The zero-order chi connectivity index (χ0) is 10.5. The van der Waals surface area contributed by atoms with Crippen molar-refractivity contribution in [3.8, 4) is 0 Å². The number of aromatic nitrogens is 2. The molecule has 2 rings (SSSR count). The van der Waals surface area contributed by atoms with Crippen molar-refractivity contribution in [1.29, 1.82) is 3.76 Å². The van der Waals surface area contributed by atoms with Gasteiger partial charge in [-0.15, -0.1) is 0 Å². The molecule has 0 bridgehead atoms. The number of pyridine rings is 2. The van der Waals surface area contributed by atoms with Crippen molar-refractivity contribution < 1.29 is 33.3 Å². The average Bonchev–Trinajstić information content (AvgIpc) is 2.37. The molecule has 0 fully saturated rings. The van der Waals surface area contributed by atoms with E-state index in [1.165, 1.54) is 0 Å². The molecular formula is C10H9ClN3Ta-3. The predicted octanol–water partition coefficient (Wildman–Crippen LogP) is -0.937. The van der Waals surface area contributed by atoms with Crippen LogP contribution < -0.4 is 12.4 Å². The summed E-state index contributed by atoms with van der Waals surface area (Å²) in [5.74, 6) is 0. The van der Waals surface area contributed by atoms with Crippen LogP contribution in [0.25, 0.3) is 0 Å². The largest absolute Gasteiger partial charge is 0.394 e. The topological polar surface area (TPSA) is 49.6 Å². The van der Waals surface area contributed by atoms with E-state index in [9.17, 15) is 0 Å². The molecule has 3 nitrogen and oxygen atoms in total. The van der Waals surface area contributed by atoms with Crippen LogP contribution in [-0.2, 0) is 20.9 Å². The first-order valence-electron chi connectivity index (χ1n) is 3.76. The van der Waals surface area contributed by atoms with E-state index in [4.69, 9.17) is 3.76 Å². The van der Waals surface area contributed by atoms with Gasteiger partial charge in [0.1, 0.15) is 0 Å². The van der Waals surface area contributed by atoms with Crippen molar-refractivity contribution in [3.63, 3.8) is 0 Å². The summed E-state index contributed by atoms with van der Waals surface area (Å²) < 4.78 is 5.86. The van der Waals surface area contributed by atoms with Gasteiger partial charge in [-0.05, 0) is 0 Å². The SMILES string of the molecule is [Cl-].[NH]=[Ta].[c-]1ccccn1.[c-]1ccccn1. The van der Waals surface area contributed by atoms with Crippen LogP contribution in [-0.4, -0.2) is 9.97 Å². The molecule has 15 heavy (non-hydrogen) atoms. The molecule has 2 heterocycles. The predicted molar refractivity (Wildman–Crippen MR) is 48.9 cm³/mol. The van der Waals surface area contributed by atoms with Gasteiger partial charge in [-0.25, -0.2) is 0 Å². The van der Waals surface area contributed by atoms with E-state index in [1.807, 2.05) is 24.3 Å². The number of halogens is 1. The fraction of sp³-hybridized carbons (Fsp3) is 0. The van der Waals surface area contributed by atoms with Gasteiger partial charge < -0.3 is 22.4 Å². The Morgan fingerprint density at radius 3 is 1.27 bits per heavy atom. The van der Waals surface area contributed by atoms with Crippen LogP contribution in [0.1, 0.15) is 0 Å². The molecule has 0 amide bonds. The molecule has 0 aliphatic carbocycles. The summed E-state index contributed by atoms with van der Waals surface area (Å²) in [6, 6.07) is 11.0. The van der Waals surface area contributed by atoms with E-state index in [0.29, 0.717) is 20.9 Å². The Kier molecular flexibility index (Phi) is 17.2. The minimum absolute atomic E-state index is 0. The summed E-state index contributed by atoms with van der Waals surface area (Å²) in [4.78, 5) is 7.32.